The summed E-state index contributed by atoms with van der Waals surface area (Å²) in [6.45, 7) is 1.89. The summed E-state index contributed by atoms with van der Waals surface area (Å²) in [5.74, 6) is -1.30. The van der Waals surface area contributed by atoms with E-state index in [9.17, 15) is 10.2 Å². The van der Waals surface area contributed by atoms with Crippen molar-refractivity contribution >= 4 is 0 Å². The van der Waals surface area contributed by atoms with Gasteiger partial charge in [-0.2, -0.15) is 0 Å². The molecule has 2 N–H and O–H groups in total. The second-order valence-electron chi connectivity index (χ2n) is 3.03. The molecule has 9 heavy (non-hydrogen) atoms. The summed E-state index contributed by atoms with van der Waals surface area (Å²) in [7, 11) is 0. The largest absolute Gasteiger partial charge is 0.365 e. The standard InChI is InChI=1S/C7H14O2/c1-6-4-2-3-5-7(6,8)9/h6,8-9H,2-5H2,1H3/t6-/m0/s1. The molecule has 0 aromatic heterocycles. The van der Waals surface area contributed by atoms with Gasteiger partial charge in [-0.1, -0.05) is 13.3 Å². The van der Waals surface area contributed by atoms with Crippen LogP contribution in [0.5, 0.6) is 0 Å². The monoisotopic (exact) mass is 130 g/mol. The van der Waals surface area contributed by atoms with Gasteiger partial charge in [-0.15, -0.1) is 0 Å². The van der Waals surface area contributed by atoms with Gasteiger partial charge in [-0.05, 0) is 12.8 Å². The molecule has 54 valence electrons. The molecular formula is C7H14O2. The van der Waals surface area contributed by atoms with Crippen LogP contribution < -0.4 is 0 Å². The van der Waals surface area contributed by atoms with E-state index in [-0.39, 0.29) is 5.92 Å². The van der Waals surface area contributed by atoms with Crippen molar-refractivity contribution in [3.63, 3.8) is 0 Å². The summed E-state index contributed by atoms with van der Waals surface area (Å²) in [6.07, 6.45) is 3.60. The van der Waals surface area contributed by atoms with Gasteiger partial charge in [0.2, 0.25) is 0 Å². The van der Waals surface area contributed by atoms with Crippen molar-refractivity contribution in [2.45, 2.75) is 38.4 Å². The maximum atomic E-state index is 9.20. The van der Waals surface area contributed by atoms with E-state index in [4.69, 9.17) is 0 Å². The quantitative estimate of drug-likeness (QED) is 0.478. The van der Waals surface area contributed by atoms with Crippen molar-refractivity contribution < 1.29 is 10.2 Å². The van der Waals surface area contributed by atoms with Gasteiger partial charge in [0.1, 0.15) is 0 Å². The summed E-state index contributed by atoms with van der Waals surface area (Å²) in [4.78, 5) is 0. The number of hydrogen-bond donors (Lipinski definition) is 2. The van der Waals surface area contributed by atoms with Crippen molar-refractivity contribution in [2.75, 3.05) is 0 Å². The van der Waals surface area contributed by atoms with Gasteiger partial charge in [-0.3, -0.25) is 0 Å². The lowest BCUT2D eigenvalue weighted by atomic mass is 9.85. The van der Waals surface area contributed by atoms with Crippen LogP contribution in [-0.2, 0) is 0 Å². The first-order chi connectivity index (χ1) is 4.13. The normalized spacial score (nSPS) is 34.3. The fourth-order valence-corrected chi connectivity index (χ4v) is 1.31. The van der Waals surface area contributed by atoms with E-state index < -0.39 is 5.79 Å². The number of aliphatic hydroxyl groups is 2. The average Bonchev–Trinajstić information content (AvgIpc) is 1.77. The Kier molecular flexibility index (Phi) is 1.78. The predicted octanol–water partition coefficient (Wildman–Crippen LogP) is 0.877. The predicted molar refractivity (Wildman–Crippen MR) is 34.8 cm³/mol. The van der Waals surface area contributed by atoms with E-state index in [0.717, 1.165) is 19.3 Å². The van der Waals surface area contributed by atoms with Crippen LogP contribution in [0.25, 0.3) is 0 Å². The first-order valence-corrected chi connectivity index (χ1v) is 3.58. The first-order valence-electron chi connectivity index (χ1n) is 3.58. The minimum absolute atomic E-state index is 0.0613. The molecule has 0 amide bonds. The summed E-state index contributed by atoms with van der Waals surface area (Å²) >= 11 is 0. The molecule has 1 fully saturated rings. The highest BCUT2D eigenvalue weighted by molar-refractivity contribution is 4.76. The van der Waals surface area contributed by atoms with E-state index in [0.29, 0.717) is 6.42 Å². The van der Waals surface area contributed by atoms with Gasteiger partial charge in [0, 0.05) is 12.3 Å². The van der Waals surface area contributed by atoms with Crippen LogP contribution in [0.2, 0.25) is 0 Å². The van der Waals surface area contributed by atoms with Crippen molar-refractivity contribution in [2.24, 2.45) is 5.92 Å². The van der Waals surface area contributed by atoms with E-state index >= 15 is 0 Å². The molecule has 0 saturated heterocycles. The first kappa shape index (κ1) is 7.03. The zero-order valence-corrected chi connectivity index (χ0v) is 5.80. The Morgan fingerprint density at radius 1 is 1.33 bits per heavy atom. The third-order valence-electron chi connectivity index (χ3n) is 2.22. The van der Waals surface area contributed by atoms with Gasteiger partial charge in [0.25, 0.3) is 0 Å². The second-order valence-corrected chi connectivity index (χ2v) is 3.03. The number of rotatable bonds is 0. The van der Waals surface area contributed by atoms with E-state index in [1.165, 1.54) is 0 Å². The lowest BCUT2D eigenvalue weighted by Crippen LogP contribution is -2.38. The van der Waals surface area contributed by atoms with Gasteiger partial charge in [-0.25, -0.2) is 0 Å². The minimum Gasteiger partial charge on any atom is -0.365 e. The molecule has 0 heterocycles. The third-order valence-corrected chi connectivity index (χ3v) is 2.22. The van der Waals surface area contributed by atoms with Crippen LogP contribution in [-0.4, -0.2) is 16.0 Å². The van der Waals surface area contributed by atoms with Crippen LogP contribution in [0.3, 0.4) is 0 Å². The van der Waals surface area contributed by atoms with Crippen LogP contribution in [0.15, 0.2) is 0 Å². The fourth-order valence-electron chi connectivity index (χ4n) is 1.31. The Morgan fingerprint density at radius 3 is 2.33 bits per heavy atom. The highest BCUT2D eigenvalue weighted by Gasteiger charge is 2.32. The molecular weight excluding hydrogens is 116 g/mol. The van der Waals surface area contributed by atoms with E-state index in [2.05, 4.69) is 0 Å². The molecule has 1 rings (SSSR count). The maximum Gasteiger partial charge on any atom is 0.165 e. The molecule has 1 saturated carbocycles. The van der Waals surface area contributed by atoms with Crippen molar-refractivity contribution in [1.29, 1.82) is 0 Å². The van der Waals surface area contributed by atoms with Crippen molar-refractivity contribution in [1.82, 2.24) is 0 Å². The molecule has 0 bridgehead atoms. The van der Waals surface area contributed by atoms with Crippen LogP contribution in [0, 0.1) is 5.92 Å². The lowest BCUT2D eigenvalue weighted by molar-refractivity contribution is -0.212. The Balaban J connectivity index is 2.49. The van der Waals surface area contributed by atoms with Gasteiger partial charge < -0.3 is 10.2 Å². The van der Waals surface area contributed by atoms with E-state index in [1.54, 1.807) is 0 Å². The highest BCUT2D eigenvalue weighted by Crippen LogP contribution is 2.30. The van der Waals surface area contributed by atoms with Crippen molar-refractivity contribution in [3.8, 4) is 0 Å². The Labute approximate surface area is 55.5 Å². The second kappa shape index (κ2) is 2.27. The summed E-state index contributed by atoms with van der Waals surface area (Å²) in [5.41, 5.74) is 0. The Morgan fingerprint density at radius 2 is 2.00 bits per heavy atom. The Bertz CT molecular complexity index is 99.1. The fraction of sp³-hybridized carbons (Fsp3) is 1.00. The van der Waals surface area contributed by atoms with Gasteiger partial charge in [0.05, 0.1) is 0 Å². The molecule has 0 radical (unpaired) electrons. The maximum absolute atomic E-state index is 9.20. The average molecular weight is 130 g/mol. The highest BCUT2D eigenvalue weighted by atomic mass is 16.5. The zero-order valence-electron chi connectivity index (χ0n) is 5.80. The van der Waals surface area contributed by atoms with Gasteiger partial charge >= 0.3 is 0 Å². The summed E-state index contributed by atoms with van der Waals surface area (Å²) in [5, 5.41) is 18.4. The molecule has 1 aliphatic carbocycles. The topological polar surface area (TPSA) is 40.5 Å². The summed E-state index contributed by atoms with van der Waals surface area (Å²) in [6, 6.07) is 0. The SMILES string of the molecule is C[C@H]1CCCCC1(O)O. The molecule has 0 aromatic rings. The molecule has 2 nitrogen and oxygen atoms in total. The molecule has 1 aliphatic rings. The minimum atomic E-state index is -1.36. The lowest BCUT2D eigenvalue weighted by Gasteiger charge is -2.32. The molecule has 0 unspecified atom stereocenters. The molecule has 2 heteroatoms. The van der Waals surface area contributed by atoms with Crippen LogP contribution >= 0.6 is 0 Å². The third kappa shape index (κ3) is 1.43. The smallest absolute Gasteiger partial charge is 0.165 e. The summed E-state index contributed by atoms with van der Waals surface area (Å²) < 4.78 is 0. The molecule has 0 spiro atoms. The van der Waals surface area contributed by atoms with Gasteiger partial charge in [0.15, 0.2) is 5.79 Å². The Hall–Kier alpha value is -0.0800. The van der Waals surface area contributed by atoms with Crippen LogP contribution in [0.1, 0.15) is 32.6 Å². The zero-order chi connectivity index (χ0) is 6.91. The number of hydrogen-bond acceptors (Lipinski definition) is 2. The van der Waals surface area contributed by atoms with E-state index in [1.807, 2.05) is 6.92 Å². The van der Waals surface area contributed by atoms with Crippen LogP contribution in [0.4, 0.5) is 0 Å². The molecule has 0 aliphatic heterocycles. The molecule has 1 atom stereocenters. The van der Waals surface area contributed by atoms with Crippen molar-refractivity contribution in [3.05, 3.63) is 0 Å². The molecule has 0 aromatic carbocycles.